The Bertz CT molecular complexity index is 946. The first-order chi connectivity index (χ1) is 12.0. The zero-order chi connectivity index (χ0) is 19.5. The zero-order valence-corrected chi connectivity index (χ0v) is 15.4. The van der Waals surface area contributed by atoms with Crippen LogP contribution in [0.5, 0.6) is 0 Å². The fourth-order valence-corrected chi connectivity index (χ4v) is 2.71. The van der Waals surface area contributed by atoms with Gasteiger partial charge in [0.25, 0.3) is 5.69 Å². The van der Waals surface area contributed by atoms with E-state index >= 15 is 0 Å². The van der Waals surface area contributed by atoms with Gasteiger partial charge >= 0.3 is 0 Å². The molecule has 0 aromatic heterocycles. The fraction of sp³-hybridized carbons (Fsp3) is 0.235. The molecular formula is C17H20N4O4S. The number of nitrogens with one attached hydrogen (secondary N) is 1. The minimum atomic E-state index is -4.03. The van der Waals surface area contributed by atoms with Crippen molar-refractivity contribution in [1.29, 1.82) is 0 Å². The second-order valence-corrected chi connectivity index (χ2v) is 8.28. The SMILES string of the molecule is CC(C)(C)c1ccc(/C=N/Nc2ccc(S(N)(=O)=O)cc2[N+](=O)[O-])cc1. The van der Waals surface area contributed by atoms with E-state index in [-0.39, 0.29) is 16.0 Å². The van der Waals surface area contributed by atoms with Gasteiger partial charge in [-0.25, -0.2) is 13.6 Å². The molecule has 0 amide bonds. The summed E-state index contributed by atoms with van der Waals surface area (Å²) in [7, 11) is -4.03. The van der Waals surface area contributed by atoms with Gasteiger partial charge in [-0.1, -0.05) is 45.0 Å². The summed E-state index contributed by atoms with van der Waals surface area (Å²) in [6.07, 6.45) is 1.52. The van der Waals surface area contributed by atoms with Crippen LogP contribution in [0.15, 0.2) is 52.5 Å². The summed E-state index contributed by atoms with van der Waals surface area (Å²) < 4.78 is 22.6. The van der Waals surface area contributed by atoms with Crippen LogP contribution in [0.3, 0.4) is 0 Å². The molecule has 26 heavy (non-hydrogen) atoms. The lowest BCUT2D eigenvalue weighted by molar-refractivity contribution is -0.384. The summed E-state index contributed by atoms with van der Waals surface area (Å²) in [5.41, 5.74) is 4.22. The zero-order valence-electron chi connectivity index (χ0n) is 14.6. The second kappa shape index (κ2) is 7.22. The van der Waals surface area contributed by atoms with Crippen molar-refractivity contribution in [3.8, 4) is 0 Å². The van der Waals surface area contributed by atoms with Crippen LogP contribution in [-0.2, 0) is 15.4 Å². The van der Waals surface area contributed by atoms with E-state index in [2.05, 4.69) is 31.3 Å². The van der Waals surface area contributed by atoms with Gasteiger partial charge < -0.3 is 0 Å². The monoisotopic (exact) mass is 376 g/mol. The number of primary sulfonamides is 1. The predicted octanol–water partition coefficient (Wildman–Crippen LogP) is 2.99. The lowest BCUT2D eigenvalue weighted by Gasteiger charge is -2.18. The van der Waals surface area contributed by atoms with Crippen molar-refractivity contribution in [3.05, 3.63) is 63.7 Å². The Morgan fingerprint density at radius 3 is 2.27 bits per heavy atom. The third-order valence-corrected chi connectivity index (χ3v) is 4.58. The summed E-state index contributed by atoms with van der Waals surface area (Å²) in [4.78, 5) is 10.1. The Morgan fingerprint density at radius 2 is 1.77 bits per heavy atom. The summed E-state index contributed by atoms with van der Waals surface area (Å²) in [5.74, 6) is 0. The maximum Gasteiger partial charge on any atom is 0.295 e. The first-order valence-electron chi connectivity index (χ1n) is 7.69. The molecule has 0 unspecified atom stereocenters. The van der Waals surface area contributed by atoms with E-state index in [0.29, 0.717) is 0 Å². The molecule has 0 aliphatic carbocycles. The van der Waals surface area contributed by atoms with Crippen molar-refractivity contribution in [2.24, 2.45) is 10.2 Å². The first-order valence-corrected chi connectivity index (χ1v) is 9.24. The minimum Gasteiger partial charge on any atom is -0.272 e. The maximum atomic E-state index is 11.3. The second-order valence-electron chi connectivity index (χ2n) is 6.72. The van der Waals surface area contributed by atoms with Crippen molar-refractivity contribution in [1.82, 2.24) is 0 Å². The number of nitrogens with zero attached hydrogens (tertiary/aromatic N) is 2. The molecule has 2 aromatic rings. The minimum absolute atomic E-state index is 0.0413. The van der Waals surface area contributed by atoms with Crippen LogP contribution in [0, 0.1) is 10.1 Å². The van der Waals surface area contributed by atoms with E-state index in [4.69, 9.17) is 5.14 Å². The number of nitrogens with two attached hydrogens (primary N) is 1. The topological polar surface area (TPSA) is 128 Å². The predicted molar refractivity (Wildman–Crippen MR) is 101 cm³/mol. The highest BCUT2D eigenvalue weighted by Gasteiger charge is 2.18. The molecule has 0 aliphatic rings. The van der Waals surface area contributed by atoms with Gasteiger partial charge in [-0.2, -0.15) is 5.10 Å². The Hall–Kier alpha value is -2.78. The molecule has 0 atom stereocenters. The van der Waals surface area contributed by atoms with E-state index in [9.17, 15) is 18.5 Å². The third kappa shape index (κ3) is 4.87. The molecule has 8 nitrogen and oxygen atoms in total. The highest BCUT2D eigenvalue weighted by atomic mass is 32.2. The molecule has 2 rings (SSSR count). The van der Waals surface area contributed by atoms with E-state index in [1.165, 1.54) is 23.9 Å². The number of benzene rings is 2. The molecular weight excluding hydrogens is 356 g/mol. The largest absolute Gasteiger partial charge is 0.295 e. The fourth-order valence-electron chi connectivity index (χ4n) is 2.18. The van der Waals surface area contributed by atoms with Crippen LogP contribution in [0.1, 0.15) is 31.9 Å². The van der Waals surface area contributed by atoms with Gasteiger partial charge in [-0.15, -0.1) is 0 Å². The van der Waals surface area contributed by atoms with Gasteiger partial charge in [-0.05, 0) is 28.7 Å². The van der Waals surface area contributed by atoms with Crippen LogP contribution in [0.2, 0.25) is 0 Å². The van der Waals surface area contributed by atoms with E-state index in [0.717, 1.165) is 11.6 Å². The van der Waals surface area contributed by atoms with Crippen LogP contribution in [0.25, 0.3) is 0 Å². The Balaban J connectivity index is 2.21. The quantitative estimate of drug-likeness (QED) is 0.471. The van der Waals surface area contributed by atoms with Gasteiger partial charge in [-0.3, -0.25) is 15.5 Å². The van der Waals surface area contributed by atoms with Gasteiger partial charge in [0.05, 0.1) is 16.0 Å². The normalized spacial score (nSPS) is 12.3. The molecule has 3 N–H and O–H groups in total. The molecule has 0 fully saturated rings. The highest BCUT2D eigenvalue weighted by Crippen LogP contribution is 2.27. The van der Waals surface area contributed by atoms with Gasteiger partial charge in [0, 0.05) is 6.07 Å². The number of hydrazone groups is 1. The van der Waals surface area contributed by atoms with Gasteiger partial charge in [0.2, 0.25) is 10.0 Å². The van der Waals surface area contributed by atoms with Gasteiger partial charge in [0.1, 0.15) is 5.69 Å². The number of nitro groups is 1. The van der Waals surface area contributed by atoms with Crippen molar-refractivity contribution in [3.63, 3.8) is 0 Å². The van der Waals surface area contributed by atoms with E-state index in [1.807, 2.05) is 24.3 Å². The molecule has 0 saturated heterocycles. The number of hydrogen-bond donors (Lipinski definition) is 2. The Morgan fingerprint density at radius 1 is 1.15 bits per heavy atom. The first kappa shape index (κ1) is 19.5. The third-order valence-electron chi connectivity index (χ3n) is 3.67. The van der Waals surface area contributed by atoms with Crippen molar-refractivity contribution in [2.45, 2.75) is 31.1 Å². The van der Waals surface area contributed by atoms with E-state index < -0.39 is 20.6 Å². The summed E-state index contributed by atoms with van der Waals surface area (Å²) in [5, 5.41) is 20.1. The molecule has 138 valence electrons. The number of rotatable bonds is 5. The molecule has 0 aliphatic heterocycles. The summed E-state index contributed by atoms with van der Waals surface area (Å²) in [6.45, 7) is 6.34. The van der Waals surface area contributed by atoms with Crippen LogP contribution in [0.4, 0.5) is 11.4 Å². The average molecular weight is 376 g/mol. The van der Waals surface area contributed by atoms with E-state index in [1.54, 1.807) is 0 Å². The molecule has 0 saturated carbocycles. The van der Waals surface area contributed by atoms with Crippen LogP contribution in [-0.4, -0.2) is 19.6 Å². The smallest absolute Gasteiger partial charge is 0.272 e. The standard InChI is InChI=1S/C17H20N4O4S/c1-17(2,3)13-6-4-12(5-7-13)11-19-20-15-9-8-14(26(18,24)25)10-16(15)21(22)23/h4-11,20H,1-3H3,(H2,18,24,25)/b19-11+. The number of sulfonamides is 1. The molecule has 0 heterocycles. The highest BCUT2D eigenvalue weighted by molar-refractivity contribution is 7.89. The number of nitro benzene ring substituents is 1. The lowest BCUT2D eigenvalue weighted by Crippen LogP contribution is -2.12. The molecule has 2 aromatic carbocycles. The van der Waals surface area contributed by atoms with Crippen molar-refractivity contribution < 1.29 is 13.3 Å². The summed E-state index contributed by atoms with van der Waals surface area (Å²) >= 11 is 0. The molecule has 0 bridgehead atoms. The van der Waals surface area contributed by atoms with Gasteiger partial charge in [0.15, 0.2) is 0 Å². The molecule has 9 heteroatoms. The van der Waals surface area contributed by atoms with Crippen LogP contribution < -0.4 is 10.6 Å². The maximum absolute atomic E-state index is 11.3. The lowest BCUT2D eigenvalue weighted by atomic mass is 9.87. The number of anilines is 1. The Kier molecular flexibility index (Phi) is 5.43. The summed E-state index contributed by atoms with van der Waals surface area (Å²) in [6, 6.07) is 11.1. The number of hydrogen-bond acceptors (Lipinski definition) is 6. The molecule has 0 radical (unpaired) electrons. The van der Waals surface area contributed by atoms with Crippen molar-refractivity contribution in [2.75, 3.05) is 5.43 Å². The van der Waals surface area contributed by atoms with Crippen molar-refractivity contribution >= 4 is 27.6 Å². The Labute approximate surface area is 151 Å². The average Bonchev–Trinajstić information content (AvgIpc) is 2.53. The van der Waals surface area contributed by atoms with Crippen LogP contribution >= 0.6 is 0 Å². The molecule has 0 spiro atoms.